The highest BCUT2D eigenvalue weighted by molar-refractivity contribution is 5.34. The van der Waals surface area contributed by atoms with Gasteiger partial charge in [0.05, 0.1) is 0 Å². The van der Waals surface area contributed by atoms with Crippen molar-refractivity contribution in [3.63, 3.8) is 0 Å². The number of nitrogens with zero attached hydrogens (tertiary/aromatic N) is 1. The first kappa shape index (κ1) is 12.1. The molecule has 0 fully saturated rings. The van der Waals surface area contributed by atoms with Gasteiger partial charge in [0.1, 0.15) is 5.75 Å². The molecular weight excluding hydrogens is 186 g/mol. The average Bonchev–Trinajstić information content (AvgIpc) is 2.27. The van der Waals surface area contributed by atoms with E-state index in [1.807, 2.05) is 18.2 Å². The average molecular weight is 207 g/mol. The fourth-order valence-corrected chi connectivity index (χ4v) is 2.11. The summed E-state index contributed by atoms with van der Waals surface area (Å²) in [6.07, 6.45) is 1.03. The van der Waals surface area contributed by atoms with Crippen LogP contribution in [0, 0.1) is 0 Å². The van der Waals surface area contributed by atoms with Crippen molar-refractivity contribution in [2.45, 2.75) is 33.2 Å². The lowest BCUT2D eigenvalue weighted by Gasteiger charge is -2.29. The highest BCUT2D eigenvalue weighted by Gasteiger charge is 2.18. The summed E-state index contributed by atoms with van der Waals surface area (Å²) in [5.41, 5.74) is 1.05. The summed E-state index contributed by atoms with van der Waals surface area (Å²) in [7, 11) is 0. The first-order valence-electron chi connectivity index (χ1n) is 5.76. The number of aromatic hydroxyl groups is 1. The van der Waals surface area contributed by atoms with Gasteiger partial charge in [0.25, 0.3) is 0 Å². The third-order valence-corrected chi connectivity index (χ3v) is 2.94. The first-order valence-corrected chi connectivity index (χ1v) is 5.76. The number of para-hydroxylation sites is 1. The maximum absolute atomic E-state index is 9.83. The number of rotatable bonds is 5. The normalized spacial score (nSPS) is 13.1. The molecule has 1 aromatic rings. The van der Waals surface area contributed by atoms with Crippen molar-refractivity contribution >= 4 is 0 Å². The van der Waals surface area contributed by atoms with Gasteiger partial charge >= 0.3 is 0 Å². The van der Waals surface area contributed by atoms with Gasteiger partial charge in [-0.05, 0) is 25.6 Å². The Balaban J connectivity index is 2.96. The molecule has 0 aliphatic rings. The van der Waals surface area contributed by atoms with E-state index in [1.165, 1.54) is 0 Å². The van der Waals surface area contributed by atoms with Crippen LogP contribution in [0.4, 0.5) is 0 Å². The van der Waals surface area contributed by atoms with Crippen LogP contribution in [-0.2, 0) is 0 Å². The van der Waals surface area contributed by atoms with Crippen molar-refractivity contribution in [1.82, 2.24) is 4.90 Å². The Kier molecular flexibility index (Phi) is 4.63. The molecular formula is C13H21NO. The summed E-state index contributed by atoms with van der Waals surface area (Å²) in [6.45, 7) is 8.51. The Bertz CT molecular complexity index is 294. The van der Waals surface area contributed by atoms with Gasteiger partial charge in [-0.25, -0.2) is 0 Å². The van der Waals surface area contributed by atoms with Crippen LogP contribution >= 0.6 is 0 Å². The second kappa shape index (κ2) is 5.76. The quantitative estimate of drug-likeness (QED) is 0.801. The molecule has 0 spiro atoms. The highest BCUT2D eigenvalue weighted by Crippen LogP contribution is 2.30. The summed E-state index contributed by atoms with van der Waals surface area (Å²) in [4.78, 5) is 2.37. The van der Waals surface area contributed by atoms with Crippen molar-refractivity contribution in [2.75, 3.05) is 13.1 Å². The van der Waals surface area contributed by atoms with Crippen LogP contribution in [0.5, 0.6) is 5.75 Å². The van der Waals surface area contributed by atoms with Crippen molar-refractivity contribution in [1.29, 1.82) is 0 Å². The molecule has 0 aromatic heterocycles. The molecule has 0 heterocycles. The molecule has 0 aliphatic heterocycles. The zero-order valence-electron chi connectivity index (χ0n) is 9.90. The minimum absolute atomic E-state index is 0.334. The highest BCUT2D eigenvalue weighted by atomic mass is 16.3. The smallest absolute Gasteiger partial charge is 0.120 e. The van der Waals surface area contributed by atoms with E-state index in [9.17, 15) is 5.11 Å². The van der Waals surface area contributed by atoms with Crippen LogP contribution in [0.3, 0.4) is 0 Å². The summed E-state index contributed by atoms with van der Waals surface area (Å²) in [5, 5.41) is 9.83. The van der Waals surface area contributed by atoms with Crippen LogP contribution in [0.25, 0.3) is 0 Å². The van der Waals surface area contributed by atoms with E-state index in [0.717, 1.165) is 25.1 Å². The fourth-order valence-electron chi connectivity index (χ4n) is 2.11. The minimum Gasteiger partial charge on any atom is -0.508 e. The number of hydrogen-bond donors (Lipinski definition) is 1. The third kappa shape index (κ3) is 2.72. The zero-order valence-corrected chi connectivity index (χ0v) is 9.90. The molecule has 15 heavy (non-hydrogen) atoms. The number of hydrogen-bond acceptors (Lipinski definition) is 2. The Morgan fingerprint density at radius 1 is 1.13 bits per heavy atom. The number of phenols is 1. The van der Waals surface area contributed by atoms with Crippen molar-refractivity contribution in [3.05, 3.63) is 29.8 Å². The molecule has 1 atom stereocenters. The second-order valence-electron chi connectivity index (χ2n) is 3.70. The molecule has 0 amide bonds. The predicted molar refractivity (Wildman–Crippen MR) is 64.1 cm³/mol. The van der Waals surface area contributed by atoms with Crippen molar-refractivity contribution in [3.8, 4) is 5.75 Å². The Hall–Kier alpha value is -1.02. The van der Waals surface area contributed by atoms with Gasteiger partial charge in [-0.2, -0.15) is 0 Å². The van der Waals surface area contributed by atoms with Crippen LogP contribution < -0.4 is 0 Å². The van der Waals surface area contributed by atoms with Gasteiger partial charge in [-0.1, -0.05) is 39.0 Å². The summed E-state index contributed by atoms with van der Waals surface area (Å²) < 4.78 is 0. The van der Waals surface area contributed by atoms with Gasteiger partial charge in [-0.3, -0.25) is 4.90 Å². The molecule has 0 saturated heterocycles. The van der Waals surface area contributed by atoms with Crippen LogP contribution in [-0.4, -0.2) is 23.1 Å². The standard InChI is InChI=1S/C13H21NO/c1-4-12(14(5-2)6-3)11-9-7-8-10-13(11)15/h7-10,12,15H,4-6H2,1-3H3. The van der Waals surface area contributed by atoms with Crippen LogP contribution in [0.2, 0.25) is 0 Å². The molecule has 0 radical (unpaired) electrons. The minimum atomic E-state index is 0.334. The summed E-state index contributed by atoms with van der Waals surface area (Å²) >= 11 is 0. The first-order chi connectivity index (χ1) is 7.24. The Labute approximate surface area is 92.5 Å². The fraction of sp³-hybridized carbons (Fsp3) is 0.538. The third-order valence-electron chi connectivity index (χ3n) is 2.94. The molecule has 0 bridgehead atoms. The molecule has 1 rings (SSSR count). The van der Waals surface area contributed by atoms with E-state index in [4.69, 9.17) is 0 Å². The lowest BCUT2D eigenvalue weighted by molar-refractivity contribution is 0.209. The molecule has 1 aromatic carbocycles. The van der Waals surface area contributed by atoms with Crippen molar-refractivity contribution in [2.24, 2.45) is 0 Å². The molecule has 84 valence electrons. The zero-order chi connectivity index (χ0) is 11.3. The number of benzene rings is 1. The van der Waals surface area contributed by atoms with Gasteiger partial charge in [-0.15, -0.1) is 0 Å². The molecule has 2 nitrogen and oxygen atoms in total. The van der Waals surface area contributed by atoms with Gasteiger partial charge in [0.2, 0.25) is 0 Å². The Morgan fingerprint density at radius 3 is 2.20 bits per heavy atom. The van der Waals surface area contributed by atoms with Gasteiger partial charge in [0, 0.05) is 11.6 Å². The van der Waals surface area contributed by atoms with Crippen LogP contribution in [0.1, 0.15) is 38.8 Å². The molecule has 0 aliphatic carbocycles. The van der Waals surface area contributed by atoms with E-state index < -0.39 is 0 Å². The molecule has 0 saturated carbocycles. The maximum atomic E-state index is 9.83. The van der Waals surface area contributed by atoms with E-state index in [2.05, 4.69) is 25.7 Å². The van der Waals surface area contributed by atoms with E-state index in [1.54, 1.807) is 6.07 Å². The van der Waals surface area contributed by atoms with Crippen molar-refractivity contribution < 1.29 is 5.11 Å². The summed E-state index contributed by atoms with van der Waals surface area (Å²) in [5.74, 6) is 0.413. The molecule has 1 N–H and O–H groups in total. The monoisotopic (exact) mass is 207 g/mol. The van der Waals surface area contributed by atoms with E-state index >= 15 is 0 Å². The maximum Gasteiger partial charge on any atom is 0.120 e. The SMILES string of the molecule is CCC(c1ccccc1O)N(CC)CC. The summed E-state index contributed by atoms with van der Waals surface area (Å²) in [6, 6.07) is 7.97. The van der Waals surface area contributed by atoms with Gasteiger partial charge < -0.3 is 5.11 Å². The molecule has 2 heteroatoms. The van der Waals surface area contributed by atoms with Gasteiger partial charge in [0.15, 0.2) is 0 Å². The lowest BCUT2D eigenvalue weighted by Crippen LogP contribution is -2.28. The van der Waals surface area contributed by atoms with Crippen LogP contribution in [0.15, 0.2) is 24.3 Å². The number of phenolic OH excluding ortho intramolecular Hbond substituents is 1. The Morgan fingerprint density at radius 2 is 1.73 bits per heavy atom. The lowest BCUT2D eigenvalue weighted by atomic mass is 10.0. The van der Waals surface area contributed by atoms with E-state index in [-0.39, 0.29) is 0 Å². The second-order valence-corrected chi connectivity index (χ2v) is 3.70. The van der Waals surface area contributed by atoms with E-state index in [0.29, 0.717) is 11.8 Å². The predicted octanol–water partition coefficient (Wildman–Crippen LogP) is 3.19. The largest absolute Gasteiger partial charge is 0.508 e. The topological polar surface area (TPSA) is 23.5 Å². The molecule has 1 unspecified atom stereocenters.